The molecule has 3 aliphatic carbocycles. The fraction of sp³-hybridized carbons (Fsp3) is 0.880. The van der Waals surface area contributed by atoms with Gasteiger partial charge in [0.1, 0.15) is 5.78 Å². The Morgan fingerprint density at radius 2 is 1.72 bits per heavy atom. The lowest BCUT2D eigenvalue weighted by Crippen LogP contribution is -2.56. The second-order valence-electron chi connectivity index (χ2n) is 11.4. The predicted molar refractivity (Wildman–Crippen MR) is 117 cm³/mol. The van der Waals surface area contributed by atoms with E-state index in [0.29, 0.717) is 35.9 Å². The van der Waals surface area contributed by atoms with Gasteiger partial charge in [-0.2, -0.15) is 0 Å². The molecule has 29 heavy (non-hydrogen) atoms. The molecule has 0 spiro atoms. The predicted octanol–water partition coefficient (Wildman–Crippen LogP) is 4.90. The van der Waals surface area contributed by atoms with Gasteiger partial charge in [0, 0.05) is 48.5 Å². The third kappa shape index (κ3) is 3.11. The molecular formula is C25H40N2O2. The van der Waals surface area contributed by atoms with Crippen LogP contribution in [0.5, 0.6) is 0 Å². The maximum Gasteiger partial charge on any atom is 0.226 e. The van der Waals surface area contributed by atoms with Crippen LogP contribution in [-0.2, 0) is 9.59 Å². The highest BCUT2D eigenvalue weighted by atomic mass is 16.2. The third-order valence-corrected chi connectivity index (χ3v) is 9.36. The minimum atomic E-state index is 0.105. The molecule has 0 saturated heterocycles. The molecule has 162 valence electrons. The summed E-state index contributed by atoms with van der Waals surface area (Å²) in [4.78, 5) is 32.8. The van der Waals surface area contributed by atoms with Gasteiger partial charge < -0.3 is 4.90 Å². The van der Waals surface area contributed by atoms with Gasteiger partial charge in [0.15, 0.2) is 0 Å². The molecular weight excluding hydrogens is 360 g/mol. The van der Waals surface area contributed by atoms with E-state index in [9.17, 15) is 9.59 Å². The molecule has 4 heteroatoms. The van der Waals surface area contributed by atoms with Gasteiger partial charge in [-0.25, -0.2) is 0 Å². The molecule has 4 aliphatic rings. The van der Waals surface area contributed by atoms with Crippen LogP contribution in [0.25, 0.3) is 0 Å². The number of carbonyl (C=O) groups excluding carboxylic acids is 2. The smallest absolute Gasteiger partial charge is 0.226 e. The van der Waals surface area contributed by atoms with Gasteiger partial charge in [-0.1, -0.05) is 13.8 Å². The minimum absolute atomic E-state index is 0.105. The number of hydrogen-bond donors (Lipinski definition) is 0. The summed E-state index contributed by atoms with van der Waals surface area (Å²) in [7, 11) is 0. The average molecular weight is 401 g/mol. The highest BCUT2D eigenvalue weighted by Crippen LogP contribution is 2.64. The molecule has 1 amide bonds. The Bertz CT molecular complexity index is 718. The molecule has 1 heterocycles. The Balaban J connectivity index is 1.61. The fourth-order valence-corrected chi connectivity index (χ4v) is 7.90. The maximum absolute atomic E-state index is 13.6. The van der Waals surface area contributed by atoms with E-state index in [4.69, 9.17) is 4.99 Å². The van der Waals surface area contributed by atoms with Crippen LogP contribution in [0.3, 0.4) is 0 Å². The van der Waals surface area contributed by atoms with Crippen molar-refractivity contribution in [3.05, 3.63) is 0 Å². The molecule has 0 radical (unpaired) electrons. The quantitative estimate of drug-likeness (QED) is 0.676. The Morgan fingerprint density at radius 3 is 2.38 bits per heavy atom. The van der Waals surface area contributed by atoms with Crippen LogP contribution >= 0.6 is 0 Å². The van der Waals surface area contributed by atoms with E-state index in [0.717, 1.165) is 38.6 Å². The number of rotatable bonds is 3. The van der Waals surface area contributed by atoms with Crippen molar-refractivity contribution in [2.24, 2.45) is 39.5 Å². The van der Waals surface area contributed by atoms with Gasteiger partial charge in [0.05, 0.1) is 0 Å². The molecule has 3 unspecified atom stereocenters. The number of Topliss-reactive ketones (excluding diaryl/α,β-unsaturated/α-hetero) is 1. The maximum atomic E-state index is 13.6. The van der Waals surface area contributed by atoms with Gasteiger partial charge in [0.2, 0.25) is 5.91 Å². The topological polar surface area (TPSA) is 49.7 Å². The molecule has 4 rings (SSSR count). The van der Waals surface area contributed by atoms with Crippen molar-refractivity contribution in [3.63, 3.8) is 0 Å². The van der Waals surface area contributed by atoms with Crippen LogP contribution in [0.15, 0.2) is 4.99 Å². The van der Waals surface area contributed by atoms with Gasteiger partial charge in [-0.3, -0.25) is 14.6 Å². The summed E-state index contributed by atoms with van der Waals surface area (Å²) in [5, 5.41) is 0. The zero-order chi connectivity index (χ0) is 21.1. The van der Waals surface area contributed by atoms with Gasteiger partial charge in [0.25, 0.3) is 0 Å². The van der Waals surface area contributed by atoms with Gasteiger partial charge in [-0.05, 0) is 83.0 Å². The van der Waals surface area contributed by atoms with Crippen LogP contribution in [0, 0.1) is 34.5 Å². The van der Waals surface area contributed by atoms with E-state index >= 15 is 0 Å². The molecule has 0 aromatic rings. The second kappa shape index (κ2) is 7.20. The van der Waals surface area contributed by atoms with E-state index in [2.05, 4.69) is 46.4 Å². The first-order valence-corrected chi connectivity index (χ1v) is 12.0. The van der Waals surface area contributed by atoms with Crippen LogP contribution in [0.1, 0.15) is 86.5 Å². The first kappa shape index (κ1) is 21.1. The standard InChI is InChI=1S/C25H40N2O2/c1-15(2)27(16(3)4)23(29)21-8-7-19-18-14-26-22-13-17(28)9-11-25(22,6)20(18)10-12-24(19,21)5/h15-16,18-21H,7-14H2,1-6H3/t18?,19?,20?,21-,24+,25-/m1/s1. The summed E-state index contributed by atoms with van der Waals surface area (Å²) in [6.07, 6.45) is 6.82. The number of amides is 1. The van der Waals surface area contributed by atoms with Crippen molar-refractivity contribution in [3.8, 4) is 0 Å². The normalized spacial score (nSPS) is 41.7. The Kier molecular flexibility index (Phi) is 5.23. The monoisotopic (exact) mass is 400 g/mol. The van der Waals surface area contributed by atoms with E-state index in [1.807, 2.05) is 0 Å². The molecule has 6 atom stereocenters. The van der Waals surface area contributed by atoms with E-state index in [-0.39, 0.29) is 28.8 Å². The number of aliphatic imine (C=N–C) groups is 1. The summed E-state index contributed by atoms with van der Waals surface area (Å²) in [5.74, 6) is 2.73. The Hall–Kier alpha value is -1.19. The summed E-state index contributed by atoms with van der Waals surface area (Å²) >= 11 is 0. The van der Waals surface area contributed by atoms with Gasteiger partial charge >= 0.3 is 0 Å². The largest absolute Gasteiger partial charge is 0.338 e. The zero-order valence-corrected chi connectivity index (χ0v) is 19.3. The van der Waals surface area contributed by atoms with Crippen molar-refractivity contribution in [1.29, 1.82) is 0 Å². The van der Waals surface area contributed by atoms with E-state index in [1.54, 1.807) is 0 Å². The van der Waals surface area contributed by atoms with E-state index < -0.39 is 0 Å². The number of fused-ring (bicyclic) bond motifs is 5. The average Bonchev–Trinajstić information content (AvgIpc) is 2.99. The lowest BCUT2D eigenvalue weighted by atomic mass is 9.49. The van der Waals surface area contributed by atoms with Crippen LogP contribution < -0.4 is 0 Å². The lowest BCUT2D eigenvalue weighted by molar-refractivity contribution is -0.146. The summed E-state index contributed by atoms with van der Waals surface area (Å²) in [5.41, 5.74) is 1.41. The third-order valence-electron chi connectivity index (χ3n) is 9.36. The van der Waals surface area contributed by atoms with Crippen molar-refractivity contribution in [2.75, 3.05) is 6.54 Å². The number of carbonyl (C=O) groups is 2. The van der Waals surface area contributed by atoms with Crippen molar-refractivity contribution in [2.45, 2.75) is 98.6 Å². The van der Waals surface area contributed by atoms with Crippen molar-refractivity contribution >= 4 is 17.4 Å². The van der Waals surface area contributed by atoms with Crippen LogP contribution in [-0.4, -0.2) is 40.9 Å². The lowest BCUT2D eigenvalue weighted by Gasteiger charge is -2.56. The second-order valence-corrected chi connectivity index (χ2v) is 11.4. The number of hydrogen-bond acceptors (Lipinski definition) is 3. The number of nitrogens with zero attached hydrogens (tertiary/aromatic N) is 2. The van der Waals surface area contributed by atoms with Crippen LogP contribution in [0.2, 0.25) is 0 Å². The molecule has 0 N–H and O–H groups in total. The Morgan fingerprint density at radius 1 is 1.03 bits per heavy atom. The summed E-state index contributed by atoms with van der Waals surface area (Å²) in [6.45, 7) is 14.3. The molecule has 4 nitrogen and oxygen atoms in total. The minimum Gasteiger partial charge on any atom is -0.338 e. The molecule has 1 aliphatic heterocycles. The molecule has 0 aromatic heterocycles. The zero-order valence-electron chi connectivity index (χ0n) is 19.3. The fourth-order valence-electron chi connectivity index (χ4n) is 7.90. The first-order valence-electron chi connectivity index (χ1n) is 12.0. The van der Waals surface area contributed by atoms with Gasteiger partial charge in [-0.15, -0.1) is 0 Å². The molecule has 3 saturated carbocycles. The molecule has 0 aromatic carbocycles. The van der Waals surface area contributed by atoms with Crippen molar-refractivity contribution < 1.29 is 9.59 Å². The highest BCUT2D eigenvalue weighted by Gasteiger charge is 2.61. The van der Waals surface area contributed by atoms with E-state index in [1.165, 1.54) is 12.1 Å². The van der Waals surface area contributed by atoms with Crippen molar-refractivity contribution in [1.82, 2.24) is 4.90 Å². The molecule has 0 bridgehead atoms. The molecule has 3 fully saturated rings. The number of ketones is 1. The SMILES string of the molecule is CC(C)N(C(=O)[C@H]1CCC2C3CN=C4CC(=O)CC[C@]4(C)C3CC[C@@]21C)C(C)C. The summed E-state index contributed by atoms with van der Waals surface area (Å²) in [6, 6.07) is 0.504. The Labute approximate surface area is 176 Å². The van der Waals surface area contributed by atoms with Crippen LogP contribution in [0.4, 0.5) is 0 Å². The first-order chi connectivity index (χ1) is 13.6. The summed E-state index contributed by atoms with van der Waals surface area (Å²) < 4.78 is 0. The highest BCUT2D eigenvalue weighted by molar-refractivity contribution is 6.07.